The van der Waals surface area contributed by atoms with Crippen molar-refractivity contribution in [1.29, 1.82) is 0 Å². The molecule has 0 fully saturated rings. The van der Waals surface area contributed by atoms with Crippen LogP contribution >= 0.6 is 23.2 Å². The number of hydrogen-bond acceptors (Lipinski definition) is 1. The molecule has 1 nitrogen and oxygen atoms in total. The summed E-state index contributed by atoms with van der Waals surface area (Å²) in [6.07, 6.45) is 2.34. The van der Waals surface area contributed by atoms with Crippen LogP contribution < -0.4 is 5.32 Å². The summed E-state index contributed by atoms with van der Waals surface area (Å²) in [5, 5.41) is 4.94. The molecule has 94 valence electrons. The maximum Gasteiger partial charge on any atom is 0.0655 e. The van der Waals surface area contributed by atoms with Crippen molar-refractivity contribution >= 4 is 28.9 Å². The Morgan fingerprint density at radius 1 is 1.35 bits per heavy atom. The van der Waals surface area contributed by atoms with Crippen LogP contribution in [0.25, 0.3) is 0 Å². The van der Waals surface area contributed by atoms with E-state index in [9.17, 15) is 0 Å². The van der Waals surface area contributed by atoms with E-state index in [0.717, 1.165) is 22.3 Å². The van der Waals surface area contributed by atoms with Crippen molar-refractivity contribution in [2.45, 2.75) is 39.0 Å². The Bertz CT molecular complexity index is 428. The molecule has 2 rings (SSSR count). The van der Waals surface area contributed by atoms with Gasteiger partial charge in [0, 0.05) is 17.0 Å². The molecule has 0 saturated heterocycles. The quantitative estimate of drug-likeness (QED) is 0.805. The van der Waals surface area contributed by atoms with E-state index in [1.807, 2.05) is 6.07 Å². The van der Waals surface area contributed by atoms with Gasteiger partial charge in [0.1, 0.15) is 0 Å². The highest BCUT2D eigenvalue weighted by Crippen LogP contribution is 2.48. The van der Waals surface area contributed by atoms with E-state index in [-0.39, 0.29) is 5.41 Å². The van der Waals surface area contributed by atoms with Crippen LogP contribution in [0.15, 0.2) is 12.1 Å². The van der Waals surface area contributed by atoms with Gasteiger partial charge in [-0.25, -0.2) is 0 Å². The van der Waals surface area contributed by atoms with Crippen molar-refractivity contribution in [3.8, 4) is 0 Å². The largest absolute Gasteiger partial charge is 0.383 e. The van der Waals surface area contributed by atoms with Gasteiger partial charge >= 0.3 is 0 Å². The van der Waals surface area contributed by atoms with E-state index in [1.54, 1.807) is 0 Å². The molecule has 1 aliphatic heterocycles. The zero-order chi connectivity index (χ0) is 12.6. The van der Waals surface area contributed by atoms with Crippen LogP contribution in [0.2, 0.25) is 10.0 Å². The SMILES string of the molecule is CCCC1(C(C)C)CNc2c(Cl)cc(Cl)cc21. The van der Waals surface area contributed by atoms with E-state index in [2.05, 4.69) is 32.2 Å². The molecule has 0 aromatic heterocycles. The number of hydrogen-bond donors (Lipinski definition) is 1. The Labute approximate surface area is 114 Å². The molecule has 1 N–H and O–H groups in total. The maximum atomic E-state index is 6.26. The molecular weight excluding hydrogens is 253 g/mol. The fraction of sp³-hybridized carbons (Fsp3) is 0.571. The highest BCUT2D eigenvalue weighted by atomic mass is 35.5. The van der Waals surface area contributed by atoms with Gasteiger partial charge < -0.3 is 5.32 Å². The predicted molar refractivity (Wildman–Crippen MR) is 76.4 cm³/mol. The summed E-state index contributed by atoms with van der Waals surface area (Å²) in [6, 6.07) is 3.90. The summed E-state index contributed by atoms with van der Waals surface area (Å²) >= 11 is 12.4. The van der Waals surface area contributed by atoms with Crippen LogP contribution in [0.1, 0.15) is 39.2 Å². The highest BCUT2D eigenvalue weighted by Gasteiger charge is 2.41. The average Bonchev–Trinajstić information content (AvgIpc) is 2.59. The van der Waals surface area contributed by atoms with Gasteiger partial charge in [-0.1, -0.05) is 50.4 Å². The average molecular weight is 272 g/mol. The Hall–Kier alpha value is -0.400. The van der Waals surface area contributed by atoms with Crippen molar-refractivity contribution in [3.63, 3.8) is 0 Å². The molecule has 1 unspecified atom stereocenters. The second-order valence-corrected chi connectivity index (χ2v) is 6.07. The van der Waals surface area contributed by atoms with Crippen LogP contribution in [0.3, 0.4) is 0 Å². The number of benzene rings is 1. The lowest BCUT2D eigenvalue weighted by molar-refractivity contribution is 0.311. The minimum absolute atomic E-state index is 0.179. The minimum atomic E-state index is 0.179. The molecule has 0 aliphatic carbocycles. The van der Waals surface area contributed by atoms with Gasteiger partial charge in [0.25, 0.3) is 0 Å². The summed E-state index contributed by atoms with van der Waals surface area (Å²) in [5.74, 6) is 0.575. The Morgan fingerprint density at radius 2 is 2.06 bits per heavy atom. The number of anilines is 1. The molecule has 3 heteroatoms. The molecule has 1 atom stereocenters. The molecule has 1 aromatic carbocycles. The predicted octanol–water partition coefficient (Wildman–Crippen LogP) is 5.11. The van der Waals surface area contributed by atoms with Crippen molar-refractivity contribution < 1.29 is 0 Å². The molecule has 1 aliphatic rings. The first-order chi connectivity index (χ1) is 8.01. The van der Waals surface area contributed by atoms with E-state index in [0.29, 0.717) is 5.92 Å². The molecule has 0 bridgehead atoms. The van der Waals surface area contributed by atoms with E-state index < -0.39 is 0 Å². The molecule has 0 saturated carbocycles. The van der Waals surface area contributed by atoms with Crippen molar-refractivity contribution in [3.05, 3.63) is 27.7 Å². The van der Waals surface area contributed by atoms with Gasteiger partial charge in [-0.15, -0.1) is 0 Å². The van der Waals surface area contributed by atoms with Crippen molar-refractivity contribution in [2.24, 2.45) is 5.92 Å². The van der Waals surface area contributed by atoms with Gasteiger partial charge in [0.15, 0.2) is 0 Å². The Balaban J connectivity index is 2.56. The van der Waals surface area contributed by atoms with E-state index in [1.165, 1.54) is 18.4 Å². The molecule has 0 spiro atoms. The second kappa shape index (κ2) is 4.70. The molecule has 1 aromatic rings. The van der Waals surface area contributed by atoms with Crippen LogP contribution in [-0.4, -0.2) is 6.54 Å². The molecule has 17 heavy (non-hydrogen) atoms. The zero-order valence-corrected chi connectivity index (χ0v) is 12.1. The number of halogens is 2. The lowest BCUT2D eigenvalue weighted by Crippen LogP contribution is -2.34. The smallest absolute Gasteiger partial charge is 0.0655 e. The van der Waals surface area contributed by atoms with Crippen LogP contribution in [0.5, 0.6) is 0 Å². The van der Waals surface area contributed by atoms with Gasteiger partial charge in [0.2, 0.25) is 0 Å². The molecular formula is C14H19Cl2N. The Kier molecular flexibility index (Phi) is 3.61. The van der Waals surface area contributed by atoms with Gasteiger partial charge in [-0.05, 0) is 30.0 Å². The number of fused-ring (bicyclic) bond motifs is 1. The summed E-state index contributed by atoms with van der Waals surface area (Å²) < 4.78 is 0. The number of rotatable bonds is 3. The number of nitrogens with one attached hydrogen (secondary N) is 1. The summed E-state index contributed by atoms with van der Waals surface area (Å²) in [6.45, 7) is 7.75. The lowest BCUT2D eigenvalue weighted by atomic mass is 9.70. The van der Waals surface area contributed by atoms with Crippen LogP contribution in [0.4, 0.5) is 5.69 Å². The van der Waals surface area contributed by atoms with Gasteiger partial charge in [-0.2, -0.15) is 0 Å². The normalized spacial score (nSPS) is 22.7. The third-order valence-electron chi connectivity index (χ3n) is 3.97. The van der Waals surface area contributed by atoms with E-state index in [4.69, 9.17) is 23.2 Å². The summed E-state index contributed by atoms with van der Waals surface area (Å²) in [7, 11) is 0. The summed E-state index contributed by atoms with van der Waals surface area (Å²) in [4.78, 5) is 0. The first-order valence-corrected chi connectivity index (χ1v) is 7.00. The first kappa shape index (κ1) is 13.0. The van der Waals surface area contributed by atoms with Crippen LogP contribution in [-0.2, 0) is 5.41 Å². The molecule has 1 heterocycles. The topological polar surface area (TPSA) is 12.0 Å². The standard InChI is InChI=1S/C14H19Cl2N/c1-4-5-14(9(2)3)8-17-13-11(14)6-10(15)7-12(13)16/h6-7,9,17H,4-5,8H2,1-3H3. The van der Waals surface area contributed by atoms with Crippen molar-refractivity contribution in [1.82, 2.24) is 0 Å². The lowest BCUT2D eigenvalue weighted by Gasteiger charge is -2.33. The first-order valence-electron chi connectivity index (χ1n) is 6.24. The van der Waals surface area contributed by atoms with Gasteiger partial charge in [-0.3, -0.25) is 0 Å². The fourth-order valence-electron chi connectivity index (χ4n) is 2.96. The minimum Gasteiger partial charge on any atom is -0.383 e. The Morgan fingerprint density at radius 3 is 2.65 bits per heavy atom. The molecule has 0 amide bonds. The highest BCUT2D eigenvalue weighted by molar-refractivity contribution is 6.36. The second-order valence-electron chi connectivity index (χ2n) is 5.22. The maximum absolute atomic E-state index is 6.26. The third-order valence-corrected chi connectivity index (χ3v) is 4.49. The zero-order valence-electron chi connectivity index (χ0n) is 10.6. The monoisotopic (exact) mass is 271 g/mol. The van der Waals surface area contributed by atoms with Crippen molar-refractivity contribution in [2.75, 3.05) is 11.9 Å². The fourth-order valence-corrected chi connectivity index (χ4v) is 3.52. The summed E-state index contributed by atoms with van der Waals surface area (Å²) in [5.41, 5.74) is 2.56. The van der Waals surface area contributed by atoms with E-state index >= 15 is 0 Å². The van der Waals surface area contributed by atoms with Crippen LogP contribution in [0, 0.1) is 5.92 Å². The van der Waals surface area contributed by atoms with Gasteiger partial charge in [0.05, 0.1) is 10.7 Å². The third kappa shape index (κ3) is 2.04. The molecule has 0 radical (unpaired) electrons.